The predicted octanol–water partition coefficient (Wildman–Crippen LogP) is 5.20. The molecule has 1 fully saturated rings. The Morgan fingerprint density at radius 2 is 1.62 bits per heavy atom. The summed E-state index contributed by atoms with van der Waals surface area (Å²) in [5, 5.41) is 3.49. The molecule has 2 aromatic carbocycles. The van der Waals surface area contributed by atoms with Crippen LogP contribution in [0, 0.1) is 20.8 Å². The van der Waals surface area contributed by atoms with Crippen molar-refractivity contribution in [2.24, 2.45) is 0 Å². The van der Waals surface area contributed by atoms with Crippen LogP contribution in [-0.2, 0) is 19.1 Å². The van der Waals surface area contributed by atoms with E-state index in [1.54, 1.807) is 6.07 Å². The fraction of sp³-hybridized carbons (Fsp3) is 0.391. The average Bonchev–Trinajstić information content (AvgIpc) is 2.75. The molecule has 0 saturated carbocycles. The lowest BCUT2D eigenvalue weighted by Crippen LogP contribution is -2.28. The SMILES string of the molecule is COC(=O)c1cc(Br)cc(NC2CCOCC2)c1C.Cc1cc(Br)cc(N)c1C.O=C=O. The van der Waals surface area contributed by atoms with Gasteiger partial charge < -0.3 is 20.5 Å². The van der Waals surface area contributed by atoms with Gasteiger partial charge in [-0.15, -0.1) is 0 Å². The van der Waals surface area contributed by atoms with Gasteiger partial charge in [0.15, 0.2) is 0 Å². The van der Waals surface area contributed by atoms with Gasteiger partial charge in [0.1, 0.15) is 0 Å². The molecule has 3 N–H and O–H groups in total. The van der Waals surface area contributed by atoms with Crippen molar-refractivity contribution in [2.75, 3.05) is 31.4 Å². The molecule has 0 unspecified atom stereocenters. The number of ether oxygens (including phenoxy) is 2. The number of carbonyl (C=O) groups is 1. The third kappa shape index (κ3) is 8.74. The molecule has 0 aromatic heterocycles. The number of nitrogens with one attached hydrogen (secondary N) is 1. The molecule has 0 amide bonds. The average molecular weight is 572 g/mol. The third-order valence-corrected chi connectivity index (χ3v) is 5.95. The van der Waals surface area contributed by atoms with E-state index in [1.807, 2.05) is 26.0 Å². The van der Waals surface area contributed by atoms with Gasteiger partial charge in [-0.1, -0.05) is 31.9 Å². The normalized spacial score (nSPS) is 12.9. The van der Waals surface area contributed by atoms with Gasteiger partial charge in [0, 0.05) is 39.6 Å². The van der Waals surface area contributed by atoms with E-state index in [9.17, 15) is 4.79 Å². The molecule has 0 radical (unpaired) electrons. The van der Waals surface area contributed by atoms with Crippen molar-refractivity contribution in [2.45, 2.75) is 39.7 Å². The standard InChI is InChI=1S/C14H18BrNO3.C8H10BrN.CO2/c1-9-12(14(17)18-2)7-10(15)8-13(9)16-11-3-5-19-6-4-11;1-5-3-7(9)4-8(10)6(5)2;2-1-3/h7-8,11,16H,3-6H2,1-2H3;3-4H,10H2,1-2H3;. The first-order chi connectivity index (χ1) is 15.1. The molecule has 7 nitrogen and oxygen atoms in total. The topological polar surface area (TPSA) is 108 Å². The summed E-state index contributed by atoms with van der Waals surface area (Å²) in [6.45, 7) is 7.58. The Hall–Kier alpha value is -2.19. The Morgan fingerprint density at radius 1 is 1.06 bits per heavy atom. The van der Waals surface area contributed by atoms with Gasteiger partial charge in [-0.25, -0.2) is 4.79 Å². The van der Waals surface area contributed by atoms with Crippen LogP contribution >= 0.6 is 31.9 Å². The van der Waals surface area contributed by atoms with E-state index in [-0.39, 0.29) is 12.1 Å². The van der Waals surface area contributed by atoms with Crippen molar-refractivity contribution >= 4 is 55.4 Å². The van der Waals surface area contributed by atoms with Crippen molar-refractivity contribution in [1.29, 1.82) is 0 Å². The molecule has 0 aliphatic carbocycles. The second-order valence-electron chi connectivity index (χ2n) is 7.17. The first-order valence-corrected chi connectivity index (χ1v) is 11.5. The summed E-state index contributed by atoms with van der Waals surface area (Å²) in [5.74, 6) is -0.311. The summed E-state index contributed by atoms with van der Waals surface area (Å²) >= 11 is 6.80. The highest BCUT2D eigenvalue weighted by Crippen LogP contribution is 2.27. The molecule has 1 aliphatic rings. The van der Waals surface area contributed by atoms with Crippen LogP contribution in [0.3, 0.4) is 0 Å². The maximum atomic E-state index is 11.7. The first-order valence-electron chi connectivity index (χ1n) is 9.88. The smallest absolute Gasteiger partial charge is 0.373 e. The van der Waals surface area contributed by atoms with Crippen LogP contribution in [-0.4, -0.2) is 38.5 Å². The number of nitrogens with two attached hydrogens (primary N) is 1. The maximum Gasteiger partial charge on any atom is 0.373 e. The number of hydrogen-bond acceptors (Lipinski definition) is 7. The van der Waals surface area contributed by atoms with Crippen LogP contribution < -0.4 is 11.1 Å². The van der Waals surface area contributed by atoms with Crippen molar-refractivity contribution in [3.63, 3.8) is 0 Å². The number of rotatable bonds is 3. The van der Waals surface area contributed by atoms with Crippen LogP contribution in [0.15, 0.2) is 33.2 Å². The third-order valence-electron chi connectivity index (χ3n) is 5.03. The number of esters is 1. The summed E-state index contributed by atoms with van der Waals surface area (Å²) in [6, 6.07) is 8.16. The minimum absolute atomic E-state index is 0.250. The quantitative estimate of drug-likeness (QED) is 0.385. The molecule has 9 heteroatoms. The van der Waals surface area contributed by atoms with Crippen LogP contribution in [0.25, 0.3) is 0 Å². The Bertz CT molecular complexity index is 931. The summed E-state index contributed by atoms with van der Waals surface area (Å²) in [6.07, 6.45) is 2.22. The van der Waals surface area contributed by atoms with Gasteiger partial charge in [0.05, 0.1) is 12.7 Å². The van der Waals surface area contributed by atoms with Crippen LogP contribution in [0.2, 0.25) is 0 Å². The van der Waals surface area contributed by atoms with Crippen molar-refractivity contribution in [1.82, 2.24) is 0 Å². The minimum Gasteiger partial charge on any atom is -0.465 e. The molecule has 1 saturated heterocycles. The summed E-state index contributed by atoms with van der Waals surface area (Å²) in [4.78, 5) is 28.0. The van der Waals surface area contributed by atoms with E-state index in [4.69, 9.17) is 24.8 Å². The lowest BCUT2D eigenvalue weighted by atomic mass is 10.0. The van der Waals surface area contributed by atoms with Gasteiger partial charge in [-0.3, -0.25) is 0 Å². The molecule has 1 heterocycles. The maximum absolute atomic E-state index is 11.7. The van der Waals surface area contributed by atoms with E-state index >= 15 is 0 Å². The van der Waals surface area contributed by atoms with E-state index in [0.717, 1.165) is 51.9 Å². The van der Waals surface area contributed by atoms with Crippen molar-refractivity contribution in [3.8, 4) is 0 Å². The Balaban J connectivity index is 0.000000330. The summed E-state index contributed by atoms with van der Waals surface area (Å²) in [5.41, 5.74) is 11.4. The summed E-state index contributed by atoms with van der Waals surface area (Å²) in [7, 11) is 1.40. The molecule has 0 spiro atoms. The molecule has 1 aliphatic heterocycles. The predicted molar refractivity (Wildman–Crippen MR) is 131 cm³/mol. The number of aryl methyl sites for hydroxylation is 1. The lowest BCUT2D eigenvalue weighted by Gasteiger charge is -2.25. The van der Waals surface area contributed by atoms with E-state index < -0.39 is 0 Å². The van der Waals surface area contributed by atoms with Crippen molar-refractivity contribution < 1.29 is 23.9 Å². The monoisotopic (exact) mass is 570 g/mol. The molecule has 32 heavy (non-hydrogen) atoms. The van der Waals surface area contributed by atoms with Gasteiger partial charge in [-0.05, 0) is 74.6 Å². The Labute approximate surface area is 205 Å². The molecular formula is C23H28Br2N2O5. The number of anilines is 2. The molecule has 3 rings (SSSR count). The number of carbonyl (C=O) groups excluding carboxylic acids is 3. The number of benzene rings is 2. The number of halogens is 2. The highest BCUT2D eigenvalue weighted by molar-refractivity contribution is 9.10. The molecular weight excluding hydrogens is 544 g/mol. The lowest BCUT2D eigenvalue weighted by molar-refractivity contribution is -0.191. The zero-order valence-electron chi connectivity index (χ0n) is 18.6. The number of hydrogen-bond donors (Lipinski definition) is 2. The van der Waals surface area contributed by atoms with Gasteiger partial charge in [0.2, 0.25) is 0 Å². The highest BCUT2D eigenvalue weighted by atomic mass is 79.9. The number of nitrogen functional groups attached to an aromatic ring is 1. The van der Waals surface area contributed by atoms with E-state index in [0.29, 0.717) is 11.6 Å². The molecule has 2 aromatic rings. The second-order valence-corrected chi connectivity index (χ2v) is 9.00. The number of methoxy groups -OCH3 is 1. The van der Waals surface area contributed by atoms with E-state index in [2.05, 4.69) is 50.2 Å². The summed E-state index contributed by atoms with van der Waals surface area (Å²) < 4.78 is 12.1. The zero-order valence-corrected chi connectivity index (χ0v) is 21.8. The van der Waals surface area contributed by atoms with Crippen LogP contribution in [0.5, 0.6) is 0 Å². The Kier molecular flexibility index (Phi) is 12.2. The van der Waals surface area contributed by atoms with Crippen LogP contribution in [0.1, 0.15) is 39.9 Å². The van der Waals surface area contributed by atoms with Crippen LogP contribution in [0.4, 0.5) is 11.4 Å². The van der Waals surface area contributed by atoms with Gasteiger partial charge in [-0.2, -0.15) is 9.59 Å². The van der Waals surface area contributed by atoms with E-state index in [1.165, 1.54) is 18.2 Å². The highest BCUT2D eigenvalue weighted by Gasteiger charge is 2.18. The van der Waals surface area contributed by atoms with Gasteiger partial charge >= 0.3 is 12.1 Å². The minimum atomic E-state index is -0.311. The zero-order chi connectivity index (χ0) is 24.3. The van der Waals surface area contributed by atoms with Gasteiger partial charge in [0.25, 0.3) is 0 Å². The largest absolute Gasteiger partial charge is 0.465 e. The Morgan fingerprint density at radius 3 is 2.16 bits per heavy atom. The second kappa shape index (κ2) is 14.1. The fourth-order valence-corrected chi connectivity index (χ4v) is 4.10. The fourth-order valence-electron chi connectivity index (χ4n) is 3.05. The van der Waals surface area contributed by atoms with Crippen molar-refractivity contribution in [3.05, 3.63) is 55.5 Å². The molecule has 174 valence electrons. The molecule has 0 atom stereocenters. The molecule has 0 bridgehead atoms. The first kappa shape index (κ1) is 27.8.